The van der Waals surface area contributed by atoms with E-state index in [1.807, 2.05) is 0 Å². The molecular weight excluding hydrogens is 400 g/mol. The van der Waals surface area contributed by atoms with Gasteiger partial charge < -0.3 is 19.7 Å². The number of hydrogen-bond acceptors (Lipinski definition) is 8. The maximum atomic E-state index is 12.8. The Bertz CT molecular complexity index is 1180. The maximum Gasteiger partial charge on any atom is 0.408 e. The average Bonchev–Trinajstić information content (AvgIpc) is 2.69. The Morgan fingerprint density at radius 1 is 1.19 bits per heavy atom. The first-order chi connectivity index (χ1) is 14.4. The summed E-state index contributed by atoms with van der Waals surface area (Å²) in [5, 5.41) is 16.2. The van der Waals surface area contributed by atoms with Crippen LogP contribution in [0.15, 0.2) is 35.5 Å². The largest absolute Gasteiger partial charge is 0.453 e. The number of aliphatic hydroxyl groups is 1. The van der Waals surface area contributed by atoms with Gasteiger partial charge in [0.2, 0.25) is 0 Å². The van der Waals surface area contributed by atoms with E-state index in [1.165, 1.54) is 18.0 Å². The first-order valence-electron chi connectivity index (χ1n) is 9.61. The normalized spacial score (nSPS) is 12.0. The highest BCUT2D eigenvalue weighted by atomic mass is 16.5. The Morgan fingerprint density at radius 3 is 2.48 bits per heavy atom. The predicted octanol–water partition coefficient (Wildman–Crippen LogP) is 2.12. The van der Waals surface area contributed by atoms with Gasteiger partial charge in [0.05, 0.1) is 30.3 Å². The van der Waals surface area contributed by atoms with Crippen LogP contribution in [0.1, 0.15) is 33.4 Å². The number of hydrogen-bond donors (Lipinski definition) is 3. The molecule has 0 fully saturated rings. The number of nitrogens with zero attached hydrogens (tertiary/aromatic N) is 4. The Morgan fingerprint density at radius 2 is 1.90 bits per heavy atom. The second-order valence-corrected chi connectivity index (χ2v) is 8.27. The number of aromatic nitrogens is 4. The SMILES string of the molecule is COC(=O)NC(C)(C)Nc1nc(-c2ccc(C(C)(C)O)nc2)cc2ncn(C)c(=O)c12. The van der Waals surface area contributed by atoms with Crippen LogP contribution in [-0.4, -0.2) is 43.5 Å². The Balaban J connectivity index is 2.14. The van der Waals surface area contributed by atoms with E-state index >= 15 is 0 Å². The van der Waals surface area contributed by atoms with E-state index in [1.54, 1.807) is 59.1 Å². The van der Waals surface area contributed by atoms with Crippen molar-refractivity contribution >= 4 is 22.8 Å². The first-order valence-corrected chi connectivity index (χ1v) is 9.61. The van der Waals surface area contributed by atoms with E-state index in [-0.39, 0.29) is 16.8 Å². The van der Waals surface area contributed by atoms with Crippen LogP contribution in [0.5, 0.6) is 0 Å². The van der Waals surface area contributed by atoms with Gasteiger partial charge in [0.15, 0.2) is 0 Å². The third kappa shape index (κ3) is 4.80. The van der Waals surface area contributed by atoms with Gasteiger partial charge in [-0.1, -0.05) is 0 Å². The van der Waals surface area contributed by atoms with Gasteiger partial charge in [0.1, 0.15) is 22.5 Å². The van der Waals surface area contributed by atoms with Gasteiger partial charge in [-0.15, -0.1) is 0 Å². The molecule has 0 atom stereocenters. The van der Waals surface area contributed by atoms with Crippen molar-refractivity contribution in [1.82, 2.24) is 24.8 Å². The third-order valence-electron chi connectivity index (χ3n) is 4.62. The van der Waals surface area contributed by atoms with E-state index in [0.717, 1.165) is 0 Å². The molecule has 0 bridgehead atoms. The Hall–Kier alpha value is -3.53. The molecule has 10 heteroatoms. The zero-order valence-electron chi connectivity index (χ0n) is 18.3. The number of carbonyl (C=O) groups excluding carboxylic acids is 1. The summed E-state index contributed by atoms with van der Waals surface area (Å²) in [5.74, 6) is 0.258. The minimum Gasteiger partial charge on any atom is -0.453 e. The van der Waals surface area contributed by atoms with Gasteiger partial charge in [-0.2, -0.15) is 0 Å². The zero-order valence-corrected chi connectivity index (χ0v) is 18.3. The molecule has 10 nitrogen and oxygen atoms in total. The number of nitrogens with one attached hydrogen (secondary N) is 2. The summed E-state index contributed by atoms with van der Waals surface area (Å²) in [6.45, 7) is 6.73. The summed E-state index contributed by atoms with van der Waals surface area (Å²) in [5.41, 5.74) is -0.161. The van der Waals surface area contributed by atoms with Crippen molar-refractivity contribution in [3.05, 3.63) is 46.8 Å². The fraction of sp³-hybridized carbons (Fsp3) is 0.381. The smallest absolute Gasteiger partial charge is 0.408 e. The van der Waals surface area contributed by atoms with Crippen molar-refractivity contribution in [3.8, 4) is 11.3 Å². The van der Waals surface area contributed by atoms with Crippen molar-refractivity contribution in [2.75, 3.05) is 12.4 Å². The van der Waals surface area contributed by atoms with Crippen LogP contribution in [0.3, 0.4) is 0 Å². The van der Waals surface area contributed by atoms with E-state index in [2.05, 4.69) is 30.3 Å². The highest BCUT2D eigenvalue weighted by Gasteiger charge is 2.24. The number of alkyl carbamates (subject to hydrolysis) is 1. The number of fused-ring (bicyclic) bond motifs is 1. The van der Waals surface area contributed by atoms with Crippen LogP contribution in [-0.2, 0) is 17.4 Å². The highest BCUT2D eigenvalue weighted by molar-refractivity contribution is 5.91. The predicted molar refractivity (Wildman–Crippen MR) is 116 cm³/mol. The van der Waals surface area contributed by atoms with Gasteiger partial charge in [-0.3, -0.25) is 15.1 Å². The molecule has 0 aliphatic carbocycles. The molecule has 0 aliphatic heterocycles. The lowest BCUT2D eigenvalue weighted by molar-refractivity contribution is 0.0739. The highest BCUT2D eigenvalue weighted by Crippen LogP contribution is 2.27. The molecule has 0 aromatic carbocycles. The molecule has 0 saturated heterocycles. The first kappa shape index (κ1) is 22.2. The zero-order chi connectivity index (χ0) is 23.0. The van der Waals surface area contributed by atoms with Crippen molar-refractivity contribution in [2.45, 2.75) is 39.0 Å². The van der Waals surface area contributed by atoms with Gasteiger partial charge in [0, 0.05) is 18.8 Å². The molecule has 0 spiro atoms. The molecular formula is C21H26N6O4. The molecule has 0 saturated carbocycles. The fourth-order valence-electron chi connectivity index (χ4n) is 3.00. The molecule has 3 aromatic heterocycles. The number of carbonyl (C=O) groups is 1. The van der Waals surface area contributed by atoms with Gasteiger partial charge >= 0.3 is 6.09 Å². The number of ether oxygens (including phenoxy) is 1. The standard InChI is InChI=1S/C21H26N6O4/c1-20(2,30)15-8-7-12(10-22-15)13-9-14-16(18(28)27(5)11-23-14)17(24-13)25-21(3,4)26-19(29)31-6/h7-11,30H,1-6H3,(H,24,25)(H,26,29). The molecule has 1 amide bonds. The molecule has 31 heavy (non-hydrogen) atoms. The molecule has 0 radical (unpaired) electrons. The Kier molecular flexibility index (Phi) is 5.68. The summed E-state index contributed by atoms with van der Waals surface area (Å²) >= 11 is 0. The summed E-state index contributed by atoms with van der Waals surface area (Å²) in [7, 11) is 2.87. The van der Waals surface area contributed by atoms with Crippen LogP contribution in [0.4, 0.5) is 10.6 Å². The summed E-state index contributed by atoms with van der Waals surface area (Å²) in [4.78, 5) is 37.8. The minimum atomic E-state index is -1.07. The minimum absolute atomic E-state index is 0.258. The summed E-state index contributed by atoms with van der Waals surface area (Å²) < 4.78 is 6.02. The molecule has 3 heterocycles. The second kappa shape index (κ2) is 7.95. The number of rotatable bonds is 5. The topological polar surface area (TPSA) is 131 Å². The summed E-state index contributed by atoms with van der Waals surface area (Å²) in [6.07, 6.45) is 2.41. The molecule has 0 unspecified atom stereocenters. The number of amides is 1. The third-order valence-corrected chi connectivity index (χ3v) is 4.62. The van der Waals surface area contributed by atoms with Crippen LogP contribution >= 0.6 is 0 Å². The van der Waals surface area contributed by atoms with Crippen molar-refractivity contribution in [1.29, 1.82) is 0 Å². The van der Waals surface area contributed by atoms with Gasteiger partial charge in [-0.25, -0.2) is 14.8 Å². The fourth-order valence-corrected chi connectivity index (χ4v) is 3.00. The number of anilines is 1. The van der Waals surface area contributed by atoms with Crippen molar-refractivity contribution in [3.63, 3.8) is 0 Å². The second-order valence-electron chi connectivity index (χ2n) is 8.27. The van der Waals surface area contributed by atoms with E-state index < -0.39 is 17.4 Å². The van der Waals surface area contributed by atoms with Crippen LogP contribution in [0.25, 0.3) is 22.2 Å². The molecule has 3 rings (SSSR count). The Labute approximate surface area is 179 Å². The maximum absolute atomic E-state index is 12.8. The average molecular weight is 426 g/mol. The molecule has 3 N–H and O–H groups in total. The quantitative estimate of drug-likeness (QED) is 0.529. The van der Waals surface area contributed by atoms with E-state index in [9.17, 15) is 14.7 Å². The van der Waals surface area contributed by atoms with E-state index in [0.29, 0.717) is 22.5 Å². The molecule has 0 aliphatic rings. The van der Waals surface area contributed by atoms with Gasteiger partial charge in [0.25, 0.3) is 5.56 Å². The number of aryl methyl sites for hydroxylation is 1. The van der Waals surface area contributed by atoms with Crippen LogP contribution < -0.4 is 16.2 Å². The number of methoxy groups -OCH3 is 1. The molecule has 3 aromatic rings. The monoisotopic (exact) mass is 426 g/mol. The van der Waals surface area contributed by atoms with Crippen LogP contribution in [0, 0.1) is 0 Å². The lowest BCUT2D eigenvalue weighted by Crippen LogP contribution is -2.49. The lowest BCUT2D eigenvalue weighted by Gasteiger charge is -2.28. The van der Waals surface area contributed by atoms with Crippen molar-refractivity contribution < 1.29 is 14.6 Å². The van der Waals surface area contributed by atoms with Crippen LogP contribution in [0.2, 0.25) is 0 Å². The van der Waals surface area contributed by atoms with Crippen molar-refractivity contribution in [2.24, 2.45) is 7.05 Å². The van der Waals surface area contributed by atoms with E-state index in [4.69, 9.17) is 0 Å². The van der Waals surface area contributed by atoms with Gasteiger partial charge in [-0.05, 0) is 45.9 Å². The molecule has 164 valence electrons. The summed E-state index contributed by atoms with van der Waals surface area (Å²) in [6, 6.07) is 5.20. The number of pyridine rings is 2. The lowest BCUT2D eigenvalue weighted by atomic mass is 10.0.